The maximum absolute atomic E-state index is 12.9. The van der Waals surface area contributed by atoms with Crippen molar-refractivity contribution >= 4 is 21.6 Å². The fourth-order valence-electron chi connectivity index (χ4n) is 3.00. The highest BCUT2D eigenvalue weighted by Crippen LogP contribution is 2.29. The fourth-order valence-corrected chi connectivity index (χ4v) is 4.44. The number of hydrogen-bond acceptors (Lipinski definition) is 6. The van der Waals surface area contributed by atoms with E-state index in [9.17, 15) is 13.2 Å². The summed E-state index contributed by atoms with van der Waals surface area (Å²) in [7, 11) is -0.651. The van der Waals surface area contributed by atoms with Crippen molar-refractivity contribution in [3.63, 3.8) is 0 Å². The van der Waals surface area contributed by atoms with Crippen molar-refractivity contribution in [3.05, 3.63) is 47.5 Å². The summed E-state index contributed by atoms with van der Waals surface area (Å²) in [5.74, 6) is 0.564. The van der Waals surface area contributed by atoms with E-state index in [1.807, 2.05) is 0 Å². The van der Waals surface area contributed by atoms with Gasteiger partial charge in [0.15, 0.2) is 11.5 Å². The minimum atomic E-state index is -3.66. The van der Waals surface area contributed by atoms with E-state index >= 15 is 0 Å². The number of methoxy groups -OCH3 is 2. The number of morpholine rings is 1. The molecular formula is C20H24N2O6S. The molecule has 1 saturated heterocycles. The van der Waals surface area contributed by atoms with Gasteiger partial charge in [-0.05, 0) is 42.8 Å². The summed E-state index contributed by atoms with van der Waals surface area (Å²) in [5.41, 5.74) is 1.54. The molecule has 3 rings (SSSR count). The van der Waals surface area contributed by atoms with Crippen LogP contribution in [0.3, 0.4) is 0 Å². The number of ether oxygens (including phenoxy) is 3. The van der Waals surface area contributed by atoms with Crippen molar-refractivity contribution in [2.24, 2.45) is 0 Å². The first-order valence-electron chi connectivity index (χ1n) is 9.08. The van der Waals surface area contributed by atoms with Crippen molar-refractivity contribution < 1.29 is 27.4 Å². The highest BCUT2D eigenvalue weighted by atomic mass is 32.2. The Hall–Kier alpha value is -2.62. The number of hydrogen-bond donors (Lipinski definition) is 1. The lowest BCUT2D eigenvalue weighted by Gasteiger charge is -2.26. The third-order valence-corrected chi connectivity index (χ3v) is 6.61. The van der Waals surface area contributed by atoms with E-state index in [1.54, 1.807) is 37.3 Å². The number of aryl methyl sites for hydroxylation is 1. The summed E-state index contributed by atoms with van der Waals surface area (Å²) >= 11 is 0. The van der Waals surface area contributed by atoms with E-state index in [2.05, 4.69) is 5.32 Å². The first kappa shape index (κ1) is 21.1. The summed E-state index contributed by atoms with van der Waals surface area (Å²) in [6.07, 6.45) is 0. The molecule has 0 atom stereocenters. The lowest BCUT2D eigenvalue weighted by molar-refractivity contribution is 0.0730. The van der Waals surface area contributed by atoms with Crippen molar-refractivity contribution in [3.8, 4) is 11.5 Å². The maximum atomic E-state index is 12.9. The van der Waals surface area contributed by atoms with Gasteiger partial charge in [0.2, 0.25) is 10.0 Å². The predicted octanol–water partition coefficient (Wildman–Crippen LogP) is 2.29. The Morgan fingerprint density at radius 1 is 1.03 bits per heavy atom. The van der Waals surface area contributed by atoms with Gasteiger partial charge in [0.25, 0.3) is 5.91 Å². The smallest absolute Gasteiger partial charge is 0.255 e. The number of amides is 1. The number of anilines is 1. The molecular weight excluding hydrogens is 396 g/mol. The minimum absolute atomic E-state index is 0.132. The Balaban J connectivity index is 1.86. The van der Waals surface area contributed by atoms with E-state index < -0.39 is 10.0 Å². The van der Waals surface area contributed by atoms with Crippen molar-refractivity contribution in [2.45, 2.75) is 11.8 Å². The summed E-state index contributed by atoms with van der Waals surface area (Å²) in [6.45, 7) is 3.16. The normalized spacial score (nSPS) is 15.0. The summed E-state index contributed by atoms with van der Waals surface area (Å²) in [5, 5.41) is 2.79. The Morgan fingerprint density at radius 3 is 2.38 bits per heavy atom. The number of carbonyl (C=O) groups excluding carboxylic acids is 1. The van der Waals surface area contributed by atoms with Gasteiger partial charge in [-0.25, -0.2) is 8.42 Å². The minimum Gasteiger partial charge on any atom is -0.493 e. The Morgan fingerprint density at radius 2 is 1.72 bits per heavy atom. The highest BCUT2D eigenvalue weighted by Gasteiger charge is 2.27. The van der Waals surface area contributed by atoms with Crippen LogP contribution in [0.2, 0.25) is 0 Å². The predicted molar refractivity (Wildman–Crippen MR) is 108 cm³/mol. The van der Waals surface area contributed by atoms with Crippen LogP contribution < -0.4 is 14.8 Å². The summed E-state index contributed by atoms with van der Waals surface area (Å²) in [6, 6.07) is 9.53. The second kappa shape index (κ2) is 8.81. The van der Waals surface area contributed by atoms with Gasteiger partial charge in [-0.1, -0.05) is 6.07 Å². The average molecular weight is 420 g/mol. The number of nitrogens with one attached hydrogen (secondary N) is 1. The third kappa shape index (κ3) is 4.52. The Kier molecular flexibility index (Phi) is 6.41. The SMILES string of the molecule is COc1ccc(C(=O)Nc2cc(S(=O)(=O)N3CCOCC3)ccc2C)cc1OC. The lowest BCUT2D eigenvalue weighted by Crippen LogP contribution is -2.40. The zero-order valence-corrected chi connectivity index (χ0v) is 17.4. The van der Waals surface area contributed by atoms with E-state index in [0.717, 1.165) is 5.56 Å². The number of rotatable bonds is 6. The molecule has 0 aromatic heterocycles. The molecule has 0 aliphatic carbocycles. The second-order valence-electron chi connectivity index (χ2n) is 6.52. The molecule has 1 heterocycles. The van der Waals surface area contributed by atoms with Crippen LogP contribution >= 0.6 is 0 Å². The molecule has 2 aromatic carbocycles. The molecule has 0 bridgehead atoms. The number of benzene rings is 2. The Labute approximate surface area is 170 Å². The summed E-state index contributed by atoms with van der Waals surface area (Å²) in [4.78, 5) is 12.8. The average Bonchev–Trinajstić information content (AvgIpc) is 2.75. The van der Waals surface area contributed by atoms with Gasteiger partial charge in [0.05, 0.1) is 32.3 Å². The molecule has 1 aliphatic heterocycles. The van der Waals surface area contributed by atoms with Crippen molar-refractivity contribution in [1.82, 2.24) is 4.31 Å². The largest absolute Gasteiger partial charge is 0.493 e. The van der Waals surface area contributed by atoms with Crippen LogP contribution in [-0.4, -0.2) is 59.2 Å². The molecule has 2 aromatic rings. The Bertz CT molecular complexity index is 1000. The van der Waals surface area contributed by atoms with Crippen LogP contribution in [0.25, 0.3) is 0 Å². The molecule has 1 amide bonds. The first-order chi connectivity index (χ1) is 13.9. The van der Waals surface area contributed by atoms with Crippen LogP contribution in [-0.2, 0) is 14.8 Å². The molecule has 1 N–H and O–H groups in total. The molecule has 0 unspecified atom stereocenters. The monoisotopic (exact) mass is 420 g/mol. The number of nitrogens with zero attached hydrogens (tertiary/aromatic N) is 1. The first-order valence-corrected chi connectivity index (χ1v) is 10.5. The molecule has 0 saturated carbocycles. The summed E-state index contributed by atoms with van der Waals surface area (Å²) < 4.78 is 42.8. The molecule has 1 fully saturated rings. The standard InChI is InChI=1S/C20H24N2O6S/c1-14-4-6-16(29(24,25)22-8-10-28-11-9-22)13-17(14)21-20(23)15-5-7-18(26-2)19(12-15)27-3/h4-7,12-13H,8-11H2,1-3H3,(H,21,23). The van der Waals surface area contributed by atoms with E-state index in [4.69, 9.17) is 14.2 Å². The maximum Gasteiger partial charge on any atom is 0.255 e. The lowest BCUT2D eigenvalue weighted by atomic mass is 10.1. The molecule has 0 radical (unpaired) electrons. The molecule has 1 aliphatic rings. The zero-order valence-electron chi connectivity index (χ0n) is 16.6. The highest BCUT2D eigenvalue weighted by molar-refractivity contribution is 7.89. The molecule has 8 nitrogen and oxygen atoms in total. The van der Waals surface area contributed by atoms with Crippen LogP contribution in [0.5, 0.6) is 11.5 Å². The number of carbonyl (C=O) groups is 1. The van der Waals surface area contributed by atoms with Gasteiger partial charge >= 0.3 is 0 Å². The second-order valence-corrected chi connectivity index (χ2v) is 8.46. The van der Waals surface area contributed by atoms with Gasteiger partial charge in [0.1, 0.15) is 0 Å². The van der Waals surface area contributed by atoms with Gasteiger partial charge in [-0.15, -0.1) is 0 Å². The van der Waals surface area contributed by atoms with E-state index in [0.29, 0.717) is 49.1 Å². The van der Waals surface area contributed by atoms with Gasteiger partial charge in [-0.2, -0.15) is 4.31 Å². The fraction of sp³-hybridized carbons (Fsp3) is 0.350. The molecule has 0 spiro atoms. The zero-order chi connectivity index (χ0) is 21.0. The molecule has 9 heteroatoms. The third-order valence-electron chi connectivity index (χ3n) is 4.71. The van der Waals surface area contributed by atoms with Crippen LogP contribution in [0.4, 0.5) is 5.69 Å². The quantitative estimate of drug-likeness (QED) is 0.771. The van der Waals surface area contributed by atoms with Crippen LogP contribution in [0, 0.1) is 6.92 Å². The molecule has 156 valence electrons. The van der Waals surface area contributed by atoms with E-state index in [-0.39, 0.29) is 10.8 Å². The van der Waals surface area contributed by atoms with Crippen molar-refractivity contribution in [1.29, 1.82) is 0 Å². The number of sulfonamides is 1. The van der Waals surface area contributed by atoms with Crippen LogP contribution in [0.15, 0.2) is 41.3 Å². The van der Waals surface area contributed by atoms with Gasteiger partial charge in [-0.3, -0.25) is 4.79 Å². The van der Waals surface area contributed by atoms with E-state index in [1.165, 1.54) is 24.6 Å². The van der Waals surface area contributed by atoms with Crippen LogP contribution in [0.1, 0.15) is 15.9 Å². The molecule has 29 heavy (non-hydrogen) atoms. The van der Waals surface area contributed by atoms with Gasteiger partial charge in [0, 0.05) is 24.3 Å². The topological polar surface area (TPSA) is 94.2 Å². The van der Waals surface area contributed by atoms with Gasteiger partial charge < -0.3 is 19.5 Å². The van der Waals surface area contributed by atoms with Crippen molar-refractivity contribution in [2.75, 3.05) is 45.8 Å².